The number of aromatic nitrogens is 4. The van der Waals surface area contributed by atoms with E-state index in [1.54, 1.807) is 0 Å². The smallest absolute Gasteiger partial charge is 0.407 e. The maximum absolute atomic E-state index is 13.5. The number of amides is 3. The molecule has 0 radical (unpaired) electrons. The predicted molar refractivity (Wildman–Crippen MR) is 203 cm³/mol. The molecular weight excluding hydrogens is 672 g/mol. The highest BCUT2D eigenvalue weighted by molar-refractivity contribution is 5.86. The largest absolute Gasteiger partial charge is 0.453 e. The van der Waals surface area contributed by atoms with E-state index in [9.17, 15) is 14.4 Å². The minimum absolute atomic E-state index is 0.0157. The molecule has 2 aliphatic heterocycles. The van der Waals surface area contributed by atoms with Gasteiger partial charge in [0.2, 0.25) is 5.91 Å². The number of rotatable bonds is 12. The topological polar surface area (TPSA) is 158 Å². The summed E-state index contributed by atoms with van der Waals surface area (Å²) >= 11 is 0. The Hall–Kier alpha value is -5.17. The van der Waals surface area contributed by atoms with Crippen molar-refractivity contribution in [2.75, 3.05) is 33.9 Å². The van der Waals surface area contributed by atoms with Crippen molar-refractivity contribution >= 4 is 18.1 Å². The molecule has 4 heterocycles. The van der Waals surface area contributed by atoms with Crippen molar-refractivity contribution in [2.45, 2.75) is 77.5 Å². The molecule has 3 amide bonds. The number of carbonyl (C=O) groups is 3. The number of H-pyrrole nitrogens is 2. The van der Waals surface area contributed by atoms with Gasteiger partial charge in [-0.15, -0.1) is 0 Å². The number of likely N-dealkylation sites (tertiary alicyclic amines) is 2. The summed E-state index contributed by atoms with van der Waals surface area (Å²) < 4.78 is 9.61. The van der Waals surface area contributed by atoms with Crippen LogP contribution >= 0.6 is 0 Å². The molecule has 2 fully saturated rings. The molecule has 2 aromatic heterocycles. The standard InChI is InChI=1S/C40H52N8O5/c1-24(2)32(45-39(50)52-5)23-47-19-7-9-33(47)36-41-21-30(43-36)28-15-11-26(12-16-28)27-13-17-29(18-14-27)31-22-42-37(44-31)34-10-8-20-48(34)38(49)35(25(3)4)46-40(51)53-6/h11-18,21-22,24-25,32-35H,7-10,19-20,23H2,1-6H3,(H,41,43)(H,42,44)(H,45,50)(H,46,51)/t32-,33+,34+,35+/m1/s1. The molecule has 0 spiro atoms. The van der Waals surface area contributed by atoms with Crippen molar-refractivity contribution in [1.29, 1.82) is 0 Å². The van der Waals surface area contributed by atoms with E-state index in [1.807, 2.05) is 31.1 Å². The Morgan fingerprint density at radius 2 is 1.21 bits per heavy atom. The molecule has 4 atom stereocenters. The van der Waals surface area contributed by atoms with E-state index in [0.717, 1.165) is 84.1 Å². The first kappa shape index (κ1) is 37.6. The van der Waals surface area contributed by atoms with Gasteiger partial charge in [0.1, 0.15) is 17.7 Å². The zero-order valence-corrected chi connectivity index (χ0v) is 31.5. The fourth-order valence-electron chi connectivity index (χ4n) is 7.42. The van der Waals surface area contributed by atoms with E-state index in [1.165, 1.54) is 14.2 Å². The van der Waals surface area contributed by atoms with E-state index >= 15 is 0 Å². The zero-order valence-electron chi connectivity index (χ0n) is 31.5. The lowest BCUT2D eigenvalue weighted by molar-refractivity contribution is -0.135. The Balaban J connectivity index is 1.09. The third kappa shape index (κ3) is 8.56. The van der Waals surface area contributed by atoms with Gasteiger partial charge in [-0.25, -0.2) is 19.6 Å². The average molecular weight is 725 g/mol. The summed E-state index contributed by atoms with van der Waals surface area (Å²) in [5, 5.41) is 5.69. The normalized spacial score (nSPS) is 18.7. The van der Waals surface area contributed by atoms with Gasteiger partial charge in [-0.1, -0.05) is 76.2 Å². The molecule has 2 aliphatic rings. The van der Waals surface area contributed by atoms with Crippen LogP contribution in [0, 0.1) is 11.8 Å². The molecule has 0 bridgehead atoms. The molecule has 282 valence electrons. The fraction of sp³-hybridized carbons (Fsp3) is 0.475. The van der Waals surface area contributed by atoms with Gasteiger partial charge in [0.15, 0.2) is 0 Å². The molecule has 2 aromatic carbocycles. The van der Waals surface area contributed by atoms with E-state index in [2.05, 4.69) is 92.9 Å². The number of imidazole rings is 2. The van der Waals surface area contributed by atoms with Gasteiger partial charge >= 0.3 is 12.2 Å². The minimum atomic E-state index is -0.675. The number of nitrogens with zero attached hydrogens (tertiary/aromatic N) is 4. The van der Waals surface area contributed by atoms with Crippen molar-refractivity contribution in [2.24, 2.45) is 11.8 Å². The first-order chi connectivity index (χ1) is 25.6. The lowest BCUT2D eigenvalue weighted by Gasteiger charge is -2.30. The molecule has 53 heavy (non-hydrogen) atoms. The third-order valence-corrected chi connectivity index (χ3v) is 10.6. The van der Waals surface area contributed by atoms with Crippen molar-refractivity contribution in [3.05, 3.63) is 72.6 Å². The summed E-state index contributed by atoms with van der Waals surface area (Å²) in [4.78, 5) is 58.1. The number of methoxy groups -OCH3 is 2. The Kier molecular flexibility index (Phi) is 11.8. The molecule has 4 aromatic rings. The summed E-state index contributed by atoms with van der Waals surface area (Å²) in [6.07, 6.45) is 6.46. The highest BCUT2D eigenvalue weighted by atomic mass is 16.5. The predicted octanol–water partition coefficient (Wildman–Crippen LogP) is 6.70. The van der Waals surface area contributed by atoms with E-state index in [-0.39, 0.29) is 35.9 Å². The molecule has 13 heteroatoms. The highest BCUT2D eigenvalue weighted by Gasteiger charge is 2.37. The number of alkyl carbamates (subject to hydrolysis) is 2. The zero-order chi connectivity index (χ0) is 37.6. The van der Waals surface area contributed by atoms with Crippen molar-refractivity contribution in [3.63, 3.8) is 0 Å². The van der Waals surface area contributed by atoms with E-state index in [4.69, 9.17) is 14.5 Å². The number of benzene rings is 2. The average Bonchev–Trinajstić information content (AvgIpc) is 4.00. The number of aromatic amines is 2. The summed E-state index contributed by atoms with van der Waals surface area (Å²) in [6.45, 7) is 10.3. The van der Waals surface area contributed by atoms with Crippen molar-refractivity contribution in [1.82, 2.24) is 40.4 Å². The molecule has 0 unspecified atom stereocenters. The Morgan fingerprint density at radius 1 is 0.717 bits per heavy atom. The van der Waals surface area contributed by atoms with Gasteiger partial charge in [-0.3, -0.25) is 9.69 Å². The maximum atomic E-state index is 13.5. The first-order valence-corrected chi connectivity index (χ1v) is 18.6. The van der Waals surface area contributed by atoms with Gasteiger partial charge in [0.25, 0.3) is 0 Å². The third-order valence-electron chi connectivity index (χ3n) is 10.6. The lowest BCUT2D eigenvalue weighted by atomic mass is 10.0. The van der Waals surface area contributed by atoms with Gasteiger partial charge in [0, 0.05) is 19.1 Å². The Bertz CT molecular complexity index is 1850. The second-order valence-electron chi connectivity index (χ2n) is 14.7. The second-order valence-corrected chi connectivity index (χ2v) is 14.7. The van der Waals surface area contributed by atoms with E-state index < -0.39 is 18.2 Å². The van der Waals surface area contributed by atoms with Crippen LogP contribution in [0.4, 0.5) is 9.59 Å². The van der Waals surface area contributed by atoms with Crippen LogP contribution in [0.2, 0.25) is 0 Å². The molecular formula is C40H52N8O5. The van der Waals surface area contributed by atoms with Crippen LogP contribution in [0.15, 0.2) is 60.9 Å². The van der Waals surface area contributed by atoms with Crippen molar-refractivity contribution < 1.29 is 23.9 Å². The SMILES string of the molecule is COC(=O)N[C@H](C(=O)N1CCC[C@H]1c1ncc(-c2ccc(-c3ccc(-c4cnc([C@@H]5CCCN5C[C@@H](NC(=O)OC)C(C)C)[nH]4)cc3)cc2)[nH]1)C(C)C. The van der Waals surface area contributed by atoms with Gasteiger partial charge in [0.05, 0.1) is 50.1 Å². The lowest BCUT2D eigenvalue weighted by Crippen LogP contribution is -2.51. The van der Waals surface area contributed by atoms with Gasteiger partial charge in [-0.05, 0) is 66.3 Å². The first-order valence-electron chi connectivity index (χ1n) is 18.6. The highest BCUT2D eigenvalue weighted by Crippen LogP contribution is 2.35. The van der Waals surface area contributed by atoms with Crippen LogP contribution in [0.5, 0.6) is 0 Å². The number of nitrogens with one attached hydrogen (secondary N) is 4. The monoisotopic (exact) mass is 724 g/mol. The molecule has 0 aliphatic carbocycles. The molecule has 4 N–H and O–H groups in total. The minimum Gasteiger partial charge on any atom is -0.453 e. The van der Waals surface area contributed by atoms with Crippen LogP contribution in [0.1, 0.15) is 77.1 Å². The van der Waals surface area contributed by atoms with E-state index in [0.29, 0.717) is 6.54 Å². The van der Waals surface area contributed by atoms with Crippen molar-refractivity contribution in [3.8, 4) is 33.6 Å². The van der Waals surface area contributed by atoms with Crippen LogP contribution in [0.25, 0.3) is 33.6 Å². The Morgan fingerprint density at radius 3 is 1.74 bits per heavy atom. The number of hydrogen-bond acceptors (Lipinski definition) is 8. The quantitative estimate of drug-likeness (QED) is 0.126. The summed E-state index contributed by atoms with van der Waals surface area (Å²) in [7, 11) is 2.69. The van der Waals surface area contributed by atoms with Crippen LogP contribution in [-0.4, -0.2) is 93.8 Å². The maximum Gasteiger partial charge on any atom is 0.407 e. The number of carbonyl (C=O) groups excluding carboxylic acids is 3. The number of hydrogen-bond donors (Lipinski definition) is 4. The van der Waals surface area contributed by atoms with Crippen LogP contribution < -0.4 is 10.6 Å². The molecule has 0 saturated carbocycles. The van der Waals surface area contributed by atoms with Crippen LogP contribution in [-0.2, 0) is 14.3 Å². The second kappa shape index (κ2) is 16.7. The molecule has 2 saturated heterocycles. The van der Waals surface area contributed by atoms with Gasteiger partial charge < -0.3 is 35.0 Å². The van der Waals surface area contributed by atoms with Gasteiger partial charge in [-0.2, -0.15) is 0 Å². The fourth-order valence-corrected chi connectivity index (χ4v) is 7.42. The Labute approximate surface area is 311 Å². The summed E-state index contributed by atoms with van der Waals surface area (Å²) in [5.74, 6) is 1.73. The summed E-state index contributed by atoms with van der Waals surface area (Å²) in [5.41, 5.74) is 6.11. The van der Waals surface area contributed by atoms with Crippen LogP contribution in [0.3, 0.4) is 0 Å². The number of ether oxygens (including phenoxy) is 2. The molecule has 6 rings (SSSR count). The molecule has 13 nitrogen and oxygen atoms in total. The summed E-state index contributed by atoms with van der Waals surface area (Å²) in [6, 6.07) is 16.1.